The van der Waals surface area contributed by atoms with Crippen molar-refractivity contribution in [3.05, 3.63) is 155 Å². The van der Waals surface area contributed by atoms with E-state index in [1.807, 2.05) is 91.0 Å². The van der Waals surface area contributed by atoms with Crippen molar-refractivity contribution in [2.45, 2.75) is 37.5 Å². The molecule has 1 aliphatic rings. The van der Waals surface area contributed by atoms with Crippen LogP contribution in [-0.2, 0) is 18.4 Å². The summed E-state index contributed by atoms with van der Waals surface area (Å²) in [5, 5.41) is 16.2. The lowest BCUT2D eigenvalue weighted by molar-refractivity contribution is 0.0562. The molecule has 4 nitrogen and oxygen atoms in total. The van der Waals surface area contributed by atoms with Gasteiger partial charge >= 0.3 is 0 Å². The lowest BCUT2D eigenvalue weighted by Crippen LogP contribution is -2.50. The van der Waals surface area contributed by atoms with E-state index in [4.69, 9.17) is 21.1 Å². The summed E-state index contributed by atoms with van der Waals surface area (Å²) in [5.74, 6) is 2.89. The lowest BCUT2D eigenvalue weighted by atomic mass is 9.67. The number of aryl methyl sites for hydroxylation is 1. The minimum Gasteiger partial charge on any atom is -0.457 e. The Kier molecular flexibility index (Phi) is 8.06. The number of nitrogens with one attached hydrogen (secondary N) is 1. The first kappa shape index (κ1) is 27.1. The summed E-state index contributed by atoms with van der Waals surface area (Å²) in [7, 11) is 0. The molecule has 0 spiro atoms. The summed E-state index contributed by atoms with van der Waals surface area (Å²) in [5.41, 5.74) is 3.24. The Balaban J connectivity index is 1.35. The Hall–Kier alpha value is -4.09. The van der Waals surface area contributed by atoms with E-state index in [-0.39, 0.29) is 0 Å². The Labute approximate surface area is 246 Å². The van der Waals surface area contributed by atoms with Crippen LogP contribution >= 0.6 is 11.6 Å². The van der Waals surface area contributed by atoms with Crippen molar-refractivity contribution in [2.24, 2.45) is 0 Å². The van der Waals surface area contributed by atoms with Gasteiger partial charge in [-0.3, -0.25) is 5.32 Å². The zero-order valence-electron chi connectivity index (χ0n) is 22.7. The van der Waals surface area contributed by atoms with Crippen LogP contribution in [-0.4, -0.2) is 11.3 Å². The largest absolute Gasteiger partial charge is 0.457 e. The smallest absolute Gasteiger partial charge is 0.133 e. The Bertz CT molecular complexity index is 1560. The second kappa shape index (κ2) is 12.2. The predicted molar refractivity (Wildman–Crippen MR) is 164 cm³/mol. The van der Waals surface area contributed by atoms with Crippen molar-refractivity contribution in [1.29, 1.82) is 0 Å². The van der Waals surface area contributed by atoms with Crippen LogP contribution in [0.3, 0.4) is 0 Å². The highest BCUT2D eigenvalue weighted by Crippen LogP contribution is 2.52. The molecule has 0 saturated heterocycles. The van der Waals surface area contributed by atoms with Gasteiger partial charge in [0.25, 0.3) is 0 Å². The van der Waals surface area contributed by atoms with Gasteiger partial charge in [0.15, 0.2) is 0 Å². The summed E-state index contributed by atoms with van der Waals surface area (Å²) in [6.07, 6.45) is 1.55. The molecular formula is C36H32ClNO3. The quantitative estimate of drug-likeness (QED) is 0.167. The highest BCUT2D eigenvalue weighted by Gasteiger charge is 2.47. The molecule has 1 heterocycles. The number of rotatable bonds is 10. The van der Waals surface area contributed by atoms with Gasteiger partial charge in [0.1, 0.15) is 29.2 Å². The van der Waals surface area contributed by atoms with Gasteiger partial charge in [-0.1, -0.05) is 103 Å². The SMILES string of the molecule is OC(NCc1c(Cl)cccc1Oc1ccccc1)C1(CCCc2ccccc2)c2ccccc2Oc2ccccc21. The molecule has 1 aliphatic heterocycles. The molecule has 0 radical (unpaired) electrons. The van der Waals surface area contributed by atoms with Crippen LogP contribution in [0.2, 0.25) is 5.02 Å². The van der Waals surface area contributed by atoms with E-state index in [0.717, 1.165) is 46.8 Å². The van der Waals surface area contributed by atoms with Gasteiger partial charge in [-0.15, -0.1) is 0 Å². The van der Waals surface area contributed by atoms with Crippen molar-refractivity contribution < 1.29 is 14.6 Å². The number of aliphatic hydroxyl groups excluding tert-OH is 1. The maximum atomic E-state index is 12.2. The molecule has 0 amide bonds. The second-order valence-corrected chi connectivity index (χ2v) is 10.7. The van der Waals surface area contributed by atoms with Crippen LogP contribution in [0.4, 0.5) is 0 Å². The minimum atomic E-state index is -0.940. The fourth-order valence-corrected chi connectivity index (χ4v) is 6.06. The molecule has 0 bridgehead atoms. The van der Waals surface area contributed by atoms with E-state index in [1.165, 1.54) is 5.56 Å². The topological polar surface area (TPSA) is 50.7 Å². The van der Waals surface area contributed by atoms with Crippen LogP contribution < -0.4 is 14.8 Å². The molecule has 0 aliphatic carbocycles. The first-order chi connectivity index (χ1) is 20.1. The Morgan fingerprint density at radius 3 is 2.02 bits per heavy atom. The van der Waals surface area contributed by atoms with E-state index in [9.17, 15) is 5.11 Å². The fraction of sp³-hybridized carbons (Fsp3) is 0.167. The number of para-hydroxylation sites is 3. The average Bonchev–Trinajstić information content (AvgIpc) is 3.01. The zero-order chi connectivity index (χ0) is 28.1. The number of halogens is 1. The molecular weight excluding hydrogens is 530 g/mol. The highest BCUT2D eigenvalue weighted by molar-refractivity contribution is 6.31. The monoisotopic (exact) mass is 561 g/mol. The predicted octanol–water partition coefficient (Wildman–Crippen LogP) is 8.66. The number of hydrogen-bond donors (Lipinski definition) is 2. The van der Waals surface area contributed by atoms with Crippen molar-refractivity contribution in [1.82, 2.24) is 5.32 Å². The zero-order valence-corrected chi connectivity index (χ0v) is 23.4. The maximum Gasteiger partial charge on any atom is 0.133 e. The number of benzene rings is 5. The second-order valence-electron chi connectivity index (χ2n) is 10.3. The van der Waals surface area contributed by atoms with Crippen molar-refractivity contribution >= 4 is 11.6 Å². The summed E-state index contributed by atoms with van der Waals surface area (Å²) in [6, 6.07) is 41.8. The Morgan fingerprint density at radius 1 is 0.732 bits per heavy atom. The van der Waals surface area contributed by atoms with Crippen LogP contribution in [0.5, 0.6) is 23.0 Å². The van der Waals surface area contributed by atoms with Crippen LogP contribution in [0, 0.1) is 0 Å². The molecule has 0 aromatic heterocycles. The number of aliphatic hydroxyl groups is 1. The van der Waals surface area contributed by atoms with Gasteiger partial charge in [-0.25, -0.2) is 0 Å². The standard InChI is InChI=1S/C36H32ClNO3/c37-31-20-11-23-32(40-27-16-5-2-6-17-27)28(31)25-38-35(39)36(24-12-15-26-13-3-1-4-14-26)29-18-7-9-21-33(29)41-34-22-10-8-19-30(34)36/h1-11,13-14,16-23,35,38-39H,12,15,24-25H2. The molecule has 0 fully saturated rings. The van der Waals surface area contributed by atoms with Gasteiger partial charge in [-0.05, 0) is 61.2 Å². The molecule has 0 saturated carbocycles. The molecule has 6 rings (SSSR count). The van der Waals surface area contributed by atoms with E-state index < -0.39 is 11.6 Å². The molecule has 2 N–H and O–H groups in total. The van der Waals surface area contributed by atoms with Gasteiger partial charge in [-0.2, -0.15) is 0 Å². The van der Waals surface area contributed by atoms with Crippen LogP contribution in [0.25, 0.3) is 0 Å². The fourth-order valence-electron chi connectivity index (χ4n) is 5.82. The van der Waals surface area contributed by atoms with Gasteiger partial charge in [0.2, 0.25) is 0 Å². The molecule has 5 aromatic rings. The van der Waals surface area contributed by atoms with Gasteiger partial charge < -0.3 is 14.6 Å². The number of hydrogen-bond acceptors (Lipinski definition) is 4. The molecule has 5 aromatic carbocycles. The van der Waals surface area contributed by atoms with Crippen LogP contribution in [0.15, 0.2) is 127 Å². The van der Waals surface area contributed by atoms with Crippen molar-refractivity contribution in [2.75, 3.05) is 0 Å². The summed E-state index contributed by atoms with van der Waals surface area (Å²) in [4.78, 5) is 0. The van der Waals surface area contributed by atoms with Crippen LogP contribution in [0.1, 0.15) is 35.1 Å². The third kappa shape index (κ3) is 5.59. The average molecular weight is 562 g/mol. The molecule has 41 heavy (non-hydrogen) atoms. The normalized spacial score (nSPS) is 13.9. The van der Waals surface area contributed by atoms with E-state index in [0.29, 0.717) is 23.7 Å². The van der Waals surface area contributed by atoms with Crippen molar-refractivity contribution in [3.63, 3.8) is 0 Å². The molecule has 206 valence electrons. The van der Waals surface area contributed by atoms with E-state index >= 15 is 0 Å². The van der Waals surface area contributed by atoms with E-state index in [2.05, 4.69) is 41.7 Å². The first-order valence-electron chi connectivity index (χ1n) is 14.0. The third-order valence-electron chi connectivity index (χ3n) is 7.82. The minimum absolute atomic E-state index is 0.314. The molecule has 1 atom stereocenters. The number of ether oxygens (including phenoxy) is 2. The van der Waals surface area contributed by atoms with Crippen molar-refractivity contribution in [3.8, 4) is 23.0 Å². The molecule has 1 unspecified atom stereocenters. The Morgan fingerprint density at radius 2 is 1.34 bits per heavy atom. The highest BCUT2D eigenvalue weighted by atomic mass is 35.5. The summed E-state index contributed by atoms with van der Waals surface area (Å²) < 4.78 is 12.5. The summed E-state index contributed by atoms with van der Waals surface area (Å²) in [6.45, 7) is 0.314. The number of fused-ring (bicyclic) bond motifs is 2. The van der Waals surface area contributed by atoms with Gasteiger partial charge in [0, 0.05) is 28.3 Å². The molecule has 5 heteroatoms. The van der Waals surface area contributed by atoms with Gasteiger partial charge in [0.05, 0.1) is 5.41 Å². The lowest BCUT2D eigenvalue weighted by Gasteiger charge is -2.44. The summed E-state index contributed by atoms with van der Waals surface area (Å²) >= 11 is 6.69. The third-order valence-corrected chi connectivity index (χ3v) is 8.17. The first-order valence-corrected chi connectivity index (χ1v) is 14.4. The maximum absolute atomic E-state index is 12.2. The van der Waals surface area contributed by atoms with E-state index in [1.54, 1.807) is 0 Å².